The number of benzene rings is 2. The zero-order valence-electron chi connectivity index (χ0n) is 42.0. The summed E-state index contributed by atoms with van der Waals surface area (Å²) in [5.74, 6) is -6.08. The number of aliphatic imine (C=N–C) groups is 1. The van der Waals surface area contributed by atoms with Gasteiger partial charge < -0.3 is 37.7 Å². The Morgan fingerprint density at radius 1 is 0.667 bits per heavy atom. The Balaban J connectivity index is 1.85. The second kappa shape index (κ2) is 34.8. The second-order valence-corrected chi connectivity index (χ2v) is 19.2. The Hall–Kier alpha value is -5.44. The Morgan fingerprint density at radius 2 is 1.25 bits per heavy atom. The van der Waals surface area contributed by atoms with Crippen LogP contribution < -0.4 is 32.6 Å². The van der Waals surface area contributed by atoms with Crippen LogP contribution in [0.4, 0.5) is 0 Å². The van der Waals surface area contributed by atoms with Gasteiger partial charge in [0, 0.05) is 44.1 Å². The maximum absolute atomic E-state index is 13.9. The number of ether oxygens (including phenoxy) is 1. The van der Waals surface area contributed by atoms with Crippen LogP contribution in [0.25, 0.3) is 0 Å². The fourth-order valence-corrected chi connectivity index (χ4v) is 8.22. The van der Waals surface area contributed by atoms with E-state index in [0.717, 1.165) is 30.4 Å². The standard InChI is InChI=1S/C54H84N6O9/c1-5-6-7-8-9-10-11-12-13-14-15-16-20-25-50(64)69-45-28-26-41(27-29-45)34-46(55)48(62)32-39(4)51(65)59-37-44(61)35-43(33-40-22-18-17-19-23-40)52(66)60-47(31-38(2)3)49(63)36-42(53(67)68)24-21-30-58-54(56)57/h17-19,22-23,26-29,38-39,42-43,46-47H,5-16,20-21,24-25,30-37,55H2,1-4H3,(H,59,65)(H,60,66)(H,67,68)(H4,56,57,58)/t39-,42?,43?,46?,47?/m0/s1. The average molecular weight is 961 g/mol. The zero-order valence-corrected chi connectivity index (χ0v) is 42.0. The molecule has 15 nitrogen and oxygen atoms in total. The van der Waals surface area contributed by atoms with E-state index in [1.807, 2.05) is 44.2 Å². The molecule has 0 bridgehead atoms. The van der Waals surface area contributed by atoms with Crippen molar-refractivity contribution < 1.29 is 43.4 Å². The van der Waals surface area contributed by atoms with E-state index in [0.29, 0.717) is 18.6 Å². The predicted octanol–water partition coefficient (Wildman–Crippen LogP) is 7.72. The molecule has 0 aliphatic carbocycles. The Labute approximate surface area is 411 Å². The van der Waals surface area contributed by atoms with Gasteiger partial charge in [-0.2, -0.15) is 0 Å². The van der Waals surface area contributed by atoms with Gasteiger partial charge in [-0.15, -0.1) is 0 Å². The molecule has 0 saturated heterocycles. The molecule has 4 unspecified atom stereocenters. The number of nitrogens with one attached hydrogen (secondary N) is 2. The molecule has 0 spiro atoms. The van der Waals surface area contributed by atoms with Crippen LogP contribution in [0.15, 0.2) is 59.6 Å². The highest BCUT2D eigenvalue weighted by molar-refractivity contribution is 5.95. The lowest BCUT2D eigenvalue weighted by molar-refractivity contribution is -0.144. The number of carbonyl (C=O) groups is 7. The number of unbranched alkanes of at least 4 members (excludes halogenated alkanes) is 12. The van der Waals surface area contributed by atoms with Crippen LogP contribution in [-0.2, 0) is 46.4 Å². The highest BCUT2D eigenvalue weighted by atomic mass is 16.5. The first-order valence-electron chi connectivity index (χ1n) is 25.5. The third-order valence-electron chi connectivity index (χ3n) is 12.3. The number of ketones is 3. The van der Waals surface area contributed by atoms with E-state index in [1.54, 1.807) is 31.2 Å². The normalized spacial score (nSPS) is 13.4. The molecule has 384 valence electrons. The first kappa shape index (κ1) is 59.7. The predicted molar refractivity (Wildman–Crippen MR) is 271 cm³/mol. The maximum Gasteiger partial charge on any atom is 0.311 e. The van der Waals surface area contributed by atoms with Gasteiger partial charge in [0.15, 0.2) is 23.3 Å². The van der Waals surface area contributed by atoms with Gasteiger partial charge in [-0.05, 0) is 67.7 Å². The fourth-order valence-electron chi connectivity index (χ4n) is 8.22. The number of hydrogen-bond donors (Lipinski definition) is 6. The van der Waals surface area contributed by atoms with Gasteiger partial charge in [-0.3, -0.25) is 38.6 Å². The molecule has 2 amide bonds. The quantitative estimate of drug-likeness (QED) is 0.0124. The molecule has 2 rings (SSSR count). The van der Waals surface area contributed by atoms with Crippen LogP contribution in [0.2, 0.25) is 0 Å². The SMILES string of the molecule is CCCCCCCCCCCCCCCC(=O)Oc1ccc(CC(N)C(=O)C[C@H](C)C(=O)NCC(=O)CC(Cc2ccccc2)C(=O)NC(CC(C)C)C(=O)CC(CCCN=C(N)N)C(=O)O)cc1. The number of carboxylic acids is 1. The summed E-state index contributed by atoms with van der Waals surface area (Å²) in [4.78, 5) is 95.3. The van der Waals surface area contributed by atoms with Gasteiger partial charge in [0.05, 0.1) is 24.5 Å². The summed E-state index contributed by atoms with van der Waals surface area (Å²) >= 11 is 0. The summed E-state index contributed by atoms with van der Waals surface area (Å²) in [6.07, 6.45) is 16.8. The molecule has 0 radical (unpaired) electrons. The van der Waals surface area contributed by atoms with E-state index < -0.39 is 59.2 Å². The van der Waals surface area contributed by atoms with Crippen molar-refractivity contribution in [3.05, 3.63) is 65.7 Å². The van der Waals surface area contributed by atoms with Crippen molar-refractivity contribution in [3.8, 4) is 5.75 Å². The number of carbonyl (C=O) groups excluding carboxylic acids is 6. The smallest absolute Gasteiger partial charge is 0.311 e. The molecular formula is C54H84N6O9. The summed E-state index contributed by atoms with van der Waals surface area (Å²) in [5, 5.41) is 15.3. The topological polar surface area (TPSA) is 263 Å². The van der Waals surface area contributed by atoms with Crippen molar-refractivity contribution in [3.63, 3.8) is 0 Å². The third kappa shape index (κ3) is 27.4. The molecule has 0 aliphatic rings. The van der Waals surface area contributed by atoms with E-state index in [2.05, 4.69) is 22.5 Å². The number of guanidine groups is 1. The minimum atomic E-state index is -1.14. The minimum Gasteiger partial charge on any atom is -0.481 e. The zero-order chi connectivity index (χ0) is 51.0. The highest BCUT2D eigenvalue weighted by Gasteiger charge is 2.31. The number of nitrogens with two attached hydrogens (primary N) is 3. The molecule has 5 atom stereocenters. The van der Waals surface area contributed by atoms with Crippen molar-refractivity contribution in [2.75, 3.05) is 13.1 Å². The first-order valence-corrected chi connectivity index (χ1v) is 25.5. The van der Waals surface area contributed by atoms with E-state index in [-0.39, 0.29) is 81.7 Å². The minimum absolute atomic E-state index is 0.0229. The highest BCUT2D eigenvalue weighted by Crippen LogP contribution is 2.21. The number of nitrogens with zero attached hydrogens (tertiary/aromatic N) is 1. The summed E-state index contributed by atoms with van der Waals surface area (Å²) in [5.41, 5.74) is 18.5. The summed E-state index contributed by atoms with van der Waals surface area (Å²) < 4.78 is 5.52. The number of amides is 2. The lowest BCUT2D eigenvalue weighted by Crippen LogP contribution is -2.46. The van der Waals surface area contributed by atoms with Gasteiger partial charge in [-0.25, -0.2) is 0 Å². The number of rotatable bonds is 39. The largest absolute Gasteiger partial charge is 0.481 e. The molecule has 0 fully saturated rings. The van der Waals surface area contributed by atoms with Crippen molar-refractivity contribution in [2.45, 2.75) is 181 Å². The summed E-state index contributed by atoms with van der Waals surface area (Å²) in [6.45, 7) is 7.41. The molecular weight excluding hydrogens is 877 g/mol. The number of Topliss-reactive ketones (excluding diaryl/α,β-unsaturated/α-hetero) is 3. The molecule has 2 aromatic rings. The van der Waals surface area contributed by atoms with Crippen LogP contribution in [-0.4, -0.2) is 77.3 Å². The molecule has 0 aliphatic heterocycles. The molecule has 2 aromatic carbocycles. The monoisotopic (exact) mass is 961 g/mol. The van der Waals surface area contributed by atoms with Crippen LogP contribution in [0.5, 0.6) is 5.75 Å². The lowest BCUT2D eigenvalue weighted by atomic mass is 9.89. The summed E-state index contributed by atoms with van der Waals surface area (Å²) in [6, 6.07) is 14.1. The average Bonchev–Trinajstić information content (AvgIpc) is 3.30. The van der Waals surface area contributed by atoms with E-state index >= 15 is 0 Å². The molecule has 9 N–H and O–H groups in total. The van der Waals surface area contributed by atoms with E-state index in [9.17, 15) is 38.7 Å². The van der Waals surface area contributed by atoms with Crippen molar-refractivity contribution in [1.82, 2.24) is 10.6 Å². The van der Waals surface area contributed by atoms with Crippen LogP contribution in [0, 0.1) is 23.7 Å². The molecule has 69 heavy (non-hydrogen) atoms. The summed E-state index contributed by atoms with van der Waals surface area (Å²) in [7, 11) is 0. The second-order valence-electron chi connectivity index (χ2n) is 19.2. The van der Waals surface area contributed by atoms with Gasteiger partial charge >= 0.3 is 11.9 Å². The van der Waals surface area contributed by atoms with Crippen LogP contribution >= 0.6 is 0 Å². The molecule has 0 saturated carbocycles. The number of esters is 1. The van der Waals surface area contributed by atoms with Crippen LogP contribution in [0.3, 0.4) is 0 Å². The lowest BCUT2D eigenvalue weighted by Gasteiger charge is -2.24. The van der Waals surface area contributed by atoms with Gasteiger partial charge in [0.2, 0.25) is 11.8 Å². The third-order valence-corrected chi connectivity index (χ3v) is 12.3. The van der Waals surface area contributed by atoms with Crippen molar-refractivity contribution in [2.24, 2.45) is 45.9 Å². The van der Waals surface area contributed by atoms with Gasteiger partial charge in [0.25, 0.3) is 0 Å². The number of aliphatic carboxylic acids is 1. The molecule has 0 aromatic heterocycles. The Morgan fingerprint density at radius 3 is 1.81 bits per heavy atom. The number of carboxylic acid groups (broad SMARTS) is 1. The first-order chi connectivity index (χ1) is 33.0. The molecule has 0 heterocycles. The van der Waals surface area contributed by atoms with Crippen molar-refractivity contribution >= 4 is 47.1 Å². The van der Waals surface area contributed by atoms with Crippen LogP contribution in [0.1, 0.15) is 167 Å². The Kier molecular flexibility index (Phi) is 30.1. The fraction of sp³-hybridized carbons (Fsp3) is 0.630. The molecule has 15 heteroatoms. The van der Waals surface area contributed by atoms with E-state index in [1.165, 1.54) is 64.2 Å². The van der Waals surface area contributed by atoms with Crippen molar-refractivity contribution in [1.29, 1.82) is 0 Å². The Bertz CT molecular complexity index is 1880. The maximum atomic E-state index is 13.9. The van der Waals surface area contributed by atoms with Gasteiger partial charge in [0.1, 0.15) is 5.75 Å². The van der Waals surface area contributed by atoms with Gasteiger partial charge in [-0.1, -0.05) is 147 Å². The number of hydrogen-bond acceptors (Lipinski definition) is 10. The van der Waals surface area contributed by atoms with E-state index in [4.69, 9.17) is 21.9 Å².